The molecule has 0 atom stereocenters. The minimum absolute atomic E-state index is 0.152. The zero-order valence-corrected chi connectivity index (χ0v) is 10.6. The summed E-state index contributed by atoms with van der Waals surface area (Å²) in [7, 11) is 0. The number of nitrogens with two attached hydrogens (primary N) is 1. The Labute approximate surface area is 107 Å². The van der Waals surface area contributed by atoms with E-state index in [0.29, 0.717) is 6.54 Å². The highest BCUT2D eigenvalue weighted by Gasteiger charge is 2.09. The van der Waals surface area contributed by atoms with Gasteiger partial charge < -0.3 is 15.7 Å². The number of hydrogen-bond acceptors (Lipinski definition) is 4. The van der Waals surface area contributed by atoms with Crippen molar-refractivity contribution in [1.82, 2.24) is 4.98 Å². The Bertz CT molecular complexity index is 521. The predicted molar refractivity (Wildman–Crippen MR) is 75.7 cm³/mol. The molecular weight excluding hydrogens is 226 g/mol. The zero-order chi connectivity index (χ0) is 13.0. The van der Waals surface area contributed by atoms with Crippen LogP contribution in [0.4, 0.5) is 11.4 Å². The van der Waals surface area contributed by atoms with Crippen LogP contribution in [0.15, 0.2) is 30.5 Å². The molecule has 0 amide bonds. The van der Waals surface area contributed by atoms with Gasteiger partial charge in [-0.25, -0.2) is 0 Å². The second kappa shape index (κ2) is 5.69. The minimum atomic E-state index is 0.152. The average Bonchev–Trinajstić information content (AvgIpc) is 2.37. The molecule has 4 heteroatoms. The van der Waals surface area contributed by atoms with Gasteiger partial charge in [0.25, 0.3) is 0 Å². The van der Waals surface area contributed by atoms with E-state index in [2.05, 4.69) is 16.8 Å². The fraction of sp³-hybridized carbons (Fsp3) is 0.357. The van der Waals surface area contributed by atoms with Gasteiger partial charge in [0, 0.05) is 36.0 Å². The van der Waals surface area contributed by atoms with Crippen molar-refractivity contribution in [1.29, 1.82) is 0 Å². The van der Waals surface area contributed by atoms with E-state index < -0.39 is 0 Å². The standard InChI is InChI=1S/C14H19N3O/c1-2-7-17(8-9-18)14-5-6-16-13-10-11(15)3-4-12(13)14/h3-6,10,18H,2,7-9,15H2,1H3. The number of pyridine rings is 1. The monoisotopic (exact) mass is 245 g/mol. The van der Waals surface area contributed by atoms with Gasteiger partial charge in [-0.15, -0.1) is 0 Å². The van der Waals surface area contributed by atoms with E-state index >= 15 is 0 Å². The van der Waals surface area contributed by atoms with Gasteiger partial charge in [-0.05, 0) is 30.7 Å². The van der Waals surface area contributed by atoms with Crippen LogP contribution in [0.5, 0.6) is 0 Å². The molecule has 0 saturated heterocycles. The van der Waals surface area contributed by atoms with Gasteiger partial charge in [0.2, 0.25) is 0 Å². The number of benzene rings is 1. The van der Waals surface area contributed by atoms with Crippen molar-refractivity contribution in [2.45, 2.75) is 13.3 Å². The quantitative estimate of drug-likeness (QED) is 0.791. The molecule has 0 fully saturated rings. The number of hydrogen-bond donors (Lipinski definition) is 2. The number of fused-ring (bicyclic) bond motifs is 1. The third kappa shape index (κ3) is 2.54. The van der Waals surface area contributed by atoms with Gasteiger partial charge in [0.1, 0.15) is 0 Å². The second-order valence-corrected chi connectivity index (χ2v) is 4.32. The predicted octanol–water partition coefficient (Wildman–Crippen LogP) is 2.03. The Morgan fingerprint density at radius 2 is 2.11 bits per heavy atom. The maximum Gasteiger partial charge on any atom is 0.0743 e. The summed E-state index contributed by atoms with van der Waals surface area (Å²) in [5, 5.41) is 10.2. The first kappa shape index (κ1) is 12.6. The van der Waals surface area contributed by atoms with Crippen LogP contribution in [0.1, 0.15) is 13.3 Å². The highest BCUT2D eigenvalue weighted by Crippen LogP contribution is 2.26. The number of aliphatic hydroxyl groups excluding tert-OH is 1. The third-order valence-electron chi connectivity index (χ3n) is 2.95. The molecule has 3 N–H and O–H groups in total. The van der Waals surface area contributed by atoms with E-state index in [0.717, 1.165) is 35.2 Å². The minimum Gasteiger partial charge on any atom is -0.399 e. The summed E-state index contributed by atoms with van der Waals surface area (Å²) in [5.74, 6) is 0. The van der Waals surface area contributed by atoms with Crippen LogP contribution in [-0.2, 0) is 0 Å². The zero-order valence-electron chi connectivity index (χ0n) is 10.6. The SMILES string of the molecule is CCCN(CCO)c1ccnc2cc(N)ccc12. The van der Waals surface area contributed by atoms with Crippen LogP contribution in [-0.4, -0.2) is 29.8 Å². The van der Waals surface area contributed by atoms with Crippen LogP contribution < -0.4 is 10.6 Å². The average molecular weight is 245 g/mol. The molecule has 2 aromatic rings. The molecule has 4 nitrogen and oxygen atoms in total. The van der Waals surface area contributed by atoms with E-state index in [4.69, 9.17) is 10.8 Å². The second-order valence-electron chi connectivity index (χ2n) is 4.32. The first-order valence-electron chi connectivity index (χ1n) is 6.26. The molecule has 18 heavy (non-hydrogen) atoms. The Morgan fingerprint density at radius 1 is 1.28 bits per heavy atom. The van der Waals surface area contributed by atoms with Crippen LogP contribution in [0, 0.1) is 0 Å². The topological polar surface area (TPSA) is 62.4 Å². The number of aliphatic hydroxyl groups is 1. The molecule has 1 heterocycles. The maximum absolute atomic E-state index is 9.16. The molecule has 0 bridgehead atoms. The first-order valence-corrected chi connectivity index (χ1v) is 6.26. The summed E-state index contributed by atoms with van der Waals surface area (Å²) in [4.78, 5) is 6.52. The van der Waals surface area contributed by atoms with Gasteiger partial charge in [-0.3, -0.25) is 4.98 Å². The van der Waals surface area contributed by atoms with Crippen molar-refractivity contribution in [3.8, 4) is 0 Å². The van der Waals surface area contributed by atoms with Crippen LogP contribution >= 0.6 is 0 Å². The van der Waals surface area contributed by atoms with Crippen LogP contribution in [0.25, 0.3) is 10.9 Å². The molecular formula is C14H19N3O. The summed E-state index contributed by atoms with van der Waals surface area (Å²) in [6.45, 7) is 3.84. The summed E-state index contributed by atoms with van der Waals surface area (Å²) < 4.78 is 0. The van der Waals surface area contributed by atoms with E-state index in [1.807, 2.05) is 24.3 Å². The van der Waals surface area contributed by atoms with Crippen molar-refractivity contribution in [3.05, 3.63) is 30.5 Å². The molecule has 0 spiro atoms. The first-order chi connectivity index (χ1) is 8.76. The van der Waals surface area contributed by atoms with Crippen LogP contribution in [0.2, 0.25) is 0 Å². The van der Waals surface area contributed by atoms with E-state index in [1.165, 1.54) is 0 Å². The van der Waals surface area contributed by atoms with Gasteiger partial charge in [0.05, 0.1) is 12.1 Å². The molecule has 0 saturated carbocycles. The molecule has 0 aliphatic carbocycles. The van der Waals surface area contributed by atoms with Crippen molar-refractivity contribution in [2.24, 2.45) is 0 Å². The molecule has 1 aromatic heterocycles. The highest BCUT2D eigenvalue weighted by molar-refractivity contribution is 5.93. The van der Waals surface area contributed by atoms with E-state index in [-0.39, 0.29) is 6.61 Å². The normalized spacial score (nSPS) is 10.8. The van der Waals surface area contributed by atoms with Gasteiger partial charge >= 0.3 is 0 Å². The van der Waals surface area contributed by atoms with E-state index in [1.54, 1.807) is 6.20 Å². The number of nitrogens with zero attached hydrogens (tertiary/aromatic N) is 2. The molecule has 0 unspecified atom stereocenters. The van der Waals surface area contributed by atoms with Gasteiger partial charge in [-0.2, -0.15) is 0 Å². The number of rotatable bonds is 5. The number of aromatic nitrogens is 1. The fourth-order valence-corrected chi connectivity index (χ4v) is 2.17. The van der Waals surface area contributed by atoms with Crippen molar-refractivity contribution in [2.75, 3.05) is 30.3 Å². The van der Waals surface area contributed by atoms with Gasteiger partial charge in [-0.1, -0.05) is 6.92 Å². The highest BCUT2D eigenvalue weighted by atomic mass is 16.3. The maximum atomic E-state index is 9.16. The molecule has 1 aromatic carbocycles. The molecule has 0 radical (unpaired) electrons. The van der Waals surface area contributed by atoms with Crippen LogP contribution in [0.3, 0.4) is 0 Å². The molecule has 96 valence electrons. The Hall–Kier alpha value is -1.81. The Balaban J connectivity index is 2.48. The Morgan fingerprint density at radius 3 is 2.83 bits per heavy atom. The lowest BCUT2D eigenvalue weighted by atomic mass is 10.1. The summed E-state index contributed by atoms with van der Waals surface area (Å²) in [6.07, 6.45) is 2.83. The summed E-state index contributed by atoms with van der Waals surface area (Å²) >= 11 is 0. The largest absolute Gasteiger partial charge is 0.399 e. The smallest absolute Gasteiger partial charge is 0.0743 e. The summed E-state index contributed by atoms with van der Waals surface area (Å²) in [6, 6.07) is 7.75. The fourth-order valence-electron chi connectivity index (χ4n) is 2.17. The molecule has 2 rings (SSSR count). The lowest BCUT2D eigenvalue weighted by Gasteiger charge is -2.24. The molecule has 0 aliphatic heterocycles. The third-order valence-corrected chi connectivity index (χ3v) is 2.95. The lowest BCUT2D eigenvalue weighted by molar-refractivity contribution is 0.302. The number of anilines is 2. The van der Waals surface area contributed by atoms with E-state index in [9.17, 15) is 0 Å². The van der Waals surface area contributed by atoms with Gasteiger partial charge in [0.15, 0.2) is 0 Å². The molecule has 0 aliphatic rings. The summed E-state index contributed by atoms with van der Waals surface area (Å²) in [5.41, 5.74) is 8.49. The lowest BCUT2D eigenvalue weighted by Crippen LogP contribution is -2.27. The van der Waals surface area contributed by atoms with Crippen molar-refractivity contribution in [3.63, 3.8) is 0 Å². The number of nitrogen functional groups attached to an aromatic ring is 1. The van der Waals surface area contributed by atoms with Crippen molar-refractivity contribution < 1.29 is 5.11 Å². The Kier molecular flexibility index (Phi) is 3.99. The van der Waals surface area contributed by atoms with Crippen molar-refractivity contribution >= 4 is 22.3 Å².